The Labute approximate surface area is 140 Å². The molecule has 120 valence electrons. The molecule has 6 heteroatoms. The monoisotopic (exact) mass is 399 g/mol. The predicted octanol–water partition coefficient (Wildman–Crippen LogP) is 1.96. The molecule has 0 bridgehead atoms. The Morgan fingerprint density at radius 1 is 1.30 bits per heavy atom. The maximum absolute atomic E-state index is 5.43. The van der Waals surface area contributed by atoms with Crippen LogP contribution in [0.3, 0.4) is 0 Å². The lowest BCUT2D eigenvalue weighted by Gasteiger charge is -2.23. The summed E-state index contributed by atoms with van der Waals surface area (Å²) in [6, 6.07) is 0. The van der Waals surface area contributed by atoms with Gasteiger partial charge in [-0.3, -0.25) is 4.99 Å². The fourth-order valence-electron chi connectivity index (χ4n) is 2.18. The van der Waals surface area contributed by atoms with Gasteiger partial charge in [0.25, 0.3) is 0 Å². The Hall–Kier alpha value is -0.0800. The first-order valence-electron chi connectivity index (χ1n) is 7.19. The molecule has 1 N–H and O–H groups in total. The van der Waals surface area contributed by atoms with Gasteiger partial charge in [-0.25, -0.2) is 0 Å². The van der Waals surface area contributed by atoms with Crippen molar-refractivity contribution in [3.63, 3.8) is 0 Å². The molecule has 0 atom stereocenters. The molecule has 1 rings (SSSR count). The topological polar surface area (TPSA) is 46.1 Å². The van der Waals surface area contributed by atoms with Crippen LogP contribution in [0.4, 0.5) is 0 Å². The Morgan fingerprint density at radius 2 is 2.05 bits per heavy atom. The highest BCUT2D eigenvalue weighted by Crippen LogP contribution is 2.28. The van der Waals surface area contributed by atoms with Gasteiger partial charge in [-0.05, 0) is 18.8 Å². The highest BCUT2D eigenvalue weighted by Gasteiger charge is 2.30. The molecule has 0 spiro atoms. The minimum absolute atomic E-state index is 0. The second-order valence-corrected chi connectivity index (χ2v) is 5.68. The van der Waals surface area contributed by atoms with E-state index in [-0.39, 0.29) is 24.0 Å². The standard InChI is InChI=1S/C14H29N3O2.HI/c1-5-15-13(16-7-9-19-11-10-18-4)17-8-6-14(2,3)12-17;/h5-12H2,1-4H3,(H,15,16);1H. The van der Waals surface area contributed by atoms with E-state index in [1.165, 1.54) is 6.42 Å². The summed E-state index contributed by atoms with van der Waals surface area (Å²) < 4.78 is 10.4. The third-order valence-electron chi connectivity index (χ3n) is 3.24. The van der Waals surface area contributed by atoms with Crippen molar-refractivity contribution < 1.29 is 9.47 Å². The number of methoxy groups -OCH3 is 1. The molecule has 1 heterocycles. The SMILES string of the molecule is CCNC(=NCCOCCOC)N1CCC(C)(C)C1.I. The van der Waals surface area contributed by atoms with Crippen LogP contribution < -0.4 is 5.32 Å². The molecule has 0 radical (unpaired) electrons. The molecule has 5 nitrogen and oxygen atoms in total. The van der Waals surface area contributed by atoms with Gasteiger partial charge in [0.2, 0.25) is 0 Å². The van der Waals surface area contributed by atoms with E-state index in [0.29, 0.717) is 31.8 Å². The number of guanidine groups is 1. The molecule has 1 fully saturated rings. The zero-order valence-electron chi connectivity index (χ0n) is 13.3. The fraction of sp³-hybridized carbons (Fsp3) is 0.929. The van der Waals surface area contributed by atoms with Gasteiger partial charge in [-0.1, -0.05) is 13.8 Å². The lowest BCUT2D eigenvalue weighted by atomic mass is 9.93. The minimum atomic E-state index is 0. The smallest absolute Gasteiger partial charge is 0.194 e. The third-order valence-corrected chi connectivity index (χ3v) is 3.24. The van der Waals surface area contributed by atoms with Crippen LogP contribution in [-0.4, -0.2) is 64.0 Å². The number of aliphatic imine (C=N–C) groups is 1. The summed E-state index contributed by atoms with van der Waals surface area (Å²) in [6.07, 6.45) is 1.22. The highest BCUT2D eigenvalue weighted by molar-refractivity contribution is 14.0. The molecule has 0 amide bonds. The zero-order valence-corrected chi connectivity index (χ0v) is 15.6. The van der Waals surface area contributed by atoms with Gasteiger partial charge in [0.15, 0.2) is 5.96 Å². The van der Waals surface area contributed by atoms with E-state index >= 15 is 0 Å². The van der Waals surface area contributed by atoms with Crippen LogP contribution in [0.15, 0.2) is 4.99 Å². The fourth-order valence-corrected chi connectivity index (χ4v) is 2.18. The van der Waals surface area contributed by atoms with Crippen molar-refractivity contribution in [2.24, 2.45) is 10.4 Å². The zero-order chi connectivity index (χ0) is 14.1. The Balaban J connectivity index is 0.00000361. The minimum Gasteiger partial charge on any atom is -0.382 e. The first-order chi connectivity index (χ1) is 9.09. The van der Waals surface area contributed by atoms with E-state index in [1.807, 2.05) is 0 Å². The van der Waals surface area contributed by atoms with Gasteiger partial charge in [-0.15, -0.1) is 24.0 Å². The van der Waals surface area contributed by atoms with Crippen molar-refractivity contribution in [3.05, 3.63) is 0 Å². The Bertz CT molecular complexity index is 286. The van der Waals surface area contributed by atoms with Crippen molar-refractivity contribution in [2.45, 2.75) is 27.2 Å². The Kier molecular flexibility index (Phi) is 10.6. The van der Waals surface area contributed by atoms with Crippen LogP contribution in [0.1, 0.15) is 27.2 Å². The number of halogens is 1. The average molecular weight is 399 g/mol. The number of hydrogen-bond donors (Lipinski definition) is 1. The van der Waals surface area contributed by atoms with E-state index in [0.717, 1.165) is 25.6 Å². The molecule has 0 unspecified atom stereocenters. The first kappa shape index (κ1) is 19.9. The van der Waals surface area contributed by atoms with Gasteiger partial charge in [-0.2, -0.15) is 0 Å². The predicted molar refractivity (Wildman–Crippen MR) is 94.1 cm³/mol. The molecule has 0 aromatic heterocycles. The van der Waals surface area contributed by atoms with Crippen LogP contribution >= 0.6 is 24.0 Å². The van der Waals surface area contributed by atoms with Gasteiger partial charge in [0, 0.05) is 26.7 Å². The van der Waals surface area contributed by atoms with Gasteiger partial charge >= 0.3 is 0 Å². The average Bonchev–Trinajstić information content (AvgIpc) is 2.72. The van der Waals surface area contributed by atoms with Crippen molar-refractivity contribution in [3.8, 4) is 0 Å². The summed E-state index contributed by atoms with van der Waals surface area (Å²) in [4.78, 5) is 6.97. The van der Waals surface area contributed by atoms with E-state index in [2.05, 4.69) is 36.0 Å². The van der Waals surface area contributed by atoms with Crippen molar-refractivity contribution in [1.82, 2.24) is 10.2 Å². The molecular formula is C14H30IN3O2. The maximum atomic E-state index is 5.43. The molecule has 0 aliphatic carbocycles. The lowest BCUT2D eigenvalue weighted by Crippen LogP contribution is -2.41. The number of likely N-dealkylation sites (tertiary alicyclic amines) is 1. The van der Waals surface area contributed by atoms with Crippen molar-refractivity contribution in [1.29, 1.82) is 0 Å². The number of nitrogens with zero attached hydrogens (tertiary/aromatic N) is 2. The molecule has 1 saturated heterocycles. The number of nitrogens with one attached hydrogen (secondary N) is 1. The van der Waals surface area contributed by atoms with E-state index in [4.69, 9.17) is 9.47 Å². The highest BCUT2D eigenvalue weighted by atomic mass is 127. The summed E-state index contributed by atoms with van der Waals surface area (Å²) in [7, 11) is 1.68. The summed E-state index contributed by atoms with van der Waals surface area (Å²) in [5.74, 6) is 1.02. The molecule has 0 aromatic carbocycles. The van der Waals surface area contributed by atoms with Crippen LogP contribution in [0.5, 0.6) is 0 Å². The van der Waals surface area contributed by atoms with Crippen molar-refractivity contribution in [2.75, 3.05) is 53.1 Å². The Morgan fingerprint density at radius 3 is 2.60 bits per heavy atom. The molecule has 1 aliphatic rings. The first-order valence-corrected chi connectivity index (χ1v) is 7.19. The molecule has 0 saturated carbocycles. The quantitative estimate of drug-likeness (QED) is 0.308. The number of ether oxygens (including phenoxy) is 2. The normalized spacial score (nSPS) is 18.0. The van der Waals surface area contributed by atoms with E-state index < -0.39 is 0 Å². The second-order valence-electron chi connectivity index (χ2n) is 5.68. The molecular weight excluding hydrogens is 369 g/mol. The summed E-state index contributed by atoms with van der Waals surface area (Å²) in [5.41, 5.74) is 0.394. The van der Waals surface area contributed by atoms with Crippen LogP contribution in [-0.2, 0) is 9.47 Å². The maximum Gasteiger partial charge on any atom is 0.194 e. The summed E-state index contributed by atoms with van der Waals surface area (Å²) >= 11 is 0. The van der Waals surface area contributed by atoms with Crippen molar-refractivity contribution >= 4 is 29.9 Å². The van der Waals surface area contributed by atoms with Crippen LogP contribution in [0.25, 0.3) is 0 Å². The third kappa shape index (κ3) is 7.64. The second kappa shape index (κ2) is 10.6. The van der Waals surface area contributed by atoms with E-state index in [9.17, 15) is 0 Å². The lowest BCUT2D eigenvalue weighted by molar-refractivity contribution is 0.0747. The molecule has 1 aliphatic heterocycles. The van der Waals surface area contributed by atoms with E-state index in [1.54, 1.807) is 7.11 Å². The van der Waals surface area contributed by atoms with Crippen LogP contribution in [0.2, 0.25) is 0 Å². The number of hydrogen-bond acceptors (Lipinski definition) is 3. The largest absolute Gasteiger partial charge is 0.382 e. The van der Waals surface area contributed by atoms with Gasteiger partial charge < -0.3 is 19.7 Å². The van der Waals surface area contributed by atoms with Gasteiger partial charge in [0.05, 0.1) is 26.4 Å². The molecule has 0 aromatic rings. The molecule has 20 heavy (non-hydrogen) atoms. The summed E-state index contributed by atoms with van der Waals surface area (Å²) in [5, 5.41) is 3.36. The summed E-state index contributed by atoms with van der Waals surface area (Å²) in [6.45, 7) is 12.4. The van der Waals surface area contributed by atoms with Crippen LogP contribution in [0, 0.1) is 5.41 Å². The van der Waals surface area contributed by atoms with Gasteiger partial charge in [0.1, 0.15) is 0 Å². The number of rotatable bonds is 7.